The van der Waals surface area contributed by atoms with Crippen LogP contribution in [-0.2, 0) is 22.8 Å². The Bertz CT molecular complexity index is 2680. The van der Waals surface area contributed by atoms with E-state index in [0.717, 1.165) is 12.8 Å². The van der Waals surface area contributed by atoms with E-state index in [1.165, 1.54) is 110 Å². The van der Waals surface area contributed by atoms with Gasteiger partial charge in [-0.05, 0) is 140 Å². The Morgan fingerprint density at radius 3 is 2.12 bits per heavy atom. The molecule has 6 aromatic rings. The molecule has 0 aromatic heterocycles. The van der Waals surface area contributed by atoms with Crippen LogP contribution in [-0.4, -0.2) is 12.3 Å². The summed E-state index contributed by atoms with van der Waals surface area (Å²) < 4.78 is 0. The number of para-hydroxylation sites is 3. The highest BCUT2D eigenvalue weighted by Crippen LogP contribution is 2.66. The fourth-order valence-corrected chi connectivity index (χ4v) is 13.6. The van der Waals surface area contributed by atoms with Crippen LogP contribution < -0.4 is 31.1 Å². The van der Waals surface area contributed by atoms with Crippen LogP contribution in [0.15, 0.2) is 121 Å². The summed E-state index contributed by atoms with van der Waals surface area (Å²) >= 11 is 0. The Balaban J connectivity index is 1.23. The molecule has 4 unspecified atom stereocenters. The lowest BCUT2D eigenvalue weighted by atomic mass is 9.33. The molecule has 2 aliphatic carbocycles. The summed E-state index contributed by atoms with van der Waals surface area (Å²) in [6.07, 6.45) is 7.17. The summed E-state index contributed by atoms with van der Waals surface area (Å²) in [7, 11) is 0. The van der Waals surface area contributed by atoms with Crippen molar-refractivity contribution < 1.29 is 0 Å². The molecule has 0 saturated heterocycles. The highest BCUT2D eigenvalue weighted by Gasteiger charge is 2.64. The minimum atomic E-state index is -0.272. The van der Waals surface area contributed by atoms with Gasteiger partial charge in [-0.1, -0.05) is 112 Å². The second-order valence-corrected chi connectivity index (χ2v) is 18.8. The maximum atomic E-state index is 2.87. The highest BCUT2D eigenvalue weighted by atomic mass is 15.3. The van der Waals surface area contributed by atoms with E-state index in [1.54, 1.807) is 5.56 Å². The second-order valence-electron chi connectivity index (χ2n) is 18.8. The predicted molar refractivity (Wildman–Crippen MR) is 236 cm³/mol. The van der Waals surface area contributed by atoms with Gasteiger partial charge in [0.15, 0.2) is 0 Å². The molecular formula is C52H50BN3. The molecule has 0 amide bonds. The molecule has 4 atom stereocenters. The zero-order valence-electron chi connectivity index (χ0n) is 33.7. The van der Waals surface area contributed by atoms with Crippen molar-refractivity contribution in [2.24, 2.45) is 0 Å². The third-order valence-electron chi connectivity index (χ3n) is 16.3. The summed E-state index contributed by atoms with van der Waals surface area (Å²) in [4.78, 5) is 8.30. The third kappa shape index (κ3) is 3.69. The largest absolute Gasteiger partial charge is 0.334 e. The van der Waals surface area contributed by atoms with Gasteiger partial charge in [0.05, 0.1) is 11.1 Å². The lowest BCUT2D eigenvalue weighted by molar-refractivity contribution is 0.194. The summed E-state index contributed by atoms with van der Waals surface area (Å²) in [5, 5.41) is 0. The maximum Gasteiger partial charge on any atom is 0.252 e. The molecular weight excluding hydrogens is 677 g/mol. The summed E-state index contributed by atoms with van der Waals surface area (Å²) in [6.45, 7) is 15.1. The molecule has 4 heteroatoms. The van der Waals surface area contributed by atoms with Gasteiger partial charge in [0.1, 0.15) is 0 Å². The molecule has 4 aliphatic heterocycles. The molecule has 0 N–H and O–H groups in total. The van der Waals surface area contributed by atoms with Gasteiger partial charge in [-0.2, -0.15) is 0 Å². The Hall–Kier alpha value is -5.22. The minimum Gasteiger partial charge on any atom is -0.334 e. The fraction of sp³-hybridized carbons (Fsp3) is 0.308. The highest BCUT2D eigenvalue weighted by molar-refractivity contribution is 7.00. The van der Waals surface area contributed by atoms with Gasteiger partial charge in [-0.15, -0.1) is 0 Å². The summed E-state index contributed by atoms with van der Waals surface area (Å²) in [6, 6.07) is 47.3. The summed E-state index contributed by atoms with van der Waals surface area (Å²) in [5.74, 6) is 0. The first-order valence-electron chi connectivity index (χ1n) is 21.2. The van der Waals surface area contributed by atoms with Crippen molar-refractivity contribution in [2.45, 2.75) is 102 Å². The Kier molecular flexibility index (Phi) is 6.35. The van der Waals surface area contributed by atoms with Gasteiger partial charge in [0.25, 0.3) is 6.71 Å². The SMILES string of the molecule is Cc1cc(C)c2c(c1)N(c1cc3c4c(c1)N1c5c(cccc5C5(C)CCc6ccccc6C15C)B4c1ccccc1N3c1ccccc1)C1(C)CCCCC21C. The number of hydrogen-bond donors (Lipinski definition) is 0. The van der Waals surface area contributed by atoms with Crippen LogP contribution in [0.25, 0.3) is 0 Å². The van der Waals surface area contributed by atoms with Crippen molar-refractivity contribution in [2.75, 3.05) is 14.7 Å². The van der Waals surface area contributed by atoms with Crippen LogP contribution in [0.5, 0.6) is 0 Å². The number of rotatable bonds is 2. The van der Waals surface area contributed by atoms with Gasteiger partial charge >= 0.3 is 0 Å². The molecule has 0 radical (unpaired) electrons. The molecule has 1 saturated carbocycles. The zero-order chi connectivity index (χ0) is 37.9. The number of fused-ring (bicyclic) bond motifs is 12. The molecule has 12 rings (SSSR count). The lowest BCUT2D eigenvalue weighted by Crippen LogP contribution is -2.64. The molecule has 1 fully saturated rings. The van der Waals surface area contributed by atoms with Crippen molar-refractivity contribution in [1.29, 1.82) is 0 Å². The van der Waals surface area contributed by atoms with E-state index >= 15 is 0 Å². The average molecular weight is 728 g/mol. The van der Waals surface area contributed by atoms with Crippen LogP contribution >= 0.6 is 0 Å². The quantitative estimate of drug-likeness (QED) is 0.164. The Morgan fingerprint density at radius 1 is 0.554 bits per heavy atom. The van der Waals surface area contributed by atoms with Crippen LogP contribution in [0.2, 0.25) is 0 Å². The van der Waals surface area contributed by atoms with Crippen molar-refractivity contribution >= 4 is 62.9 Å². The number of hydrogen-bond acceptors (Lipinski definition) is 3. The normalized spacial score (nSPS) is 27.2. The third-order valence-corrected chi connectivity index (χ3v) is 16.3. The smallest absolute Gasteiger partial charge is 0.252 e. The van der Waals surface area contributed by atoms with E-state index in [0.29, 0.717) is 0 Å². The number of anilines is 7. The predicted octanol–water partition coefficient (Wildman–Crippen LogP) is 10.9. The van der Waals surface area contributed by atoms with Crippen molar-refractivity contribution in [1.82, 2.24) is 0 Å². The van der Waals surface area contributed by atoms with E-state index in [9.17, 15) is 0 Å². The van der Waals surface area contributed by atoms with E-state index in [-0.39, 0.29) is 28.6 Å². The van der Waals surface area contributed by atoms with Gasteiger partial charge in [-0.3, -0.25) is 0 Å². The molecule has 4 heterocycles. The number of benzene rings is 6. The van der Waals surface area contributed by atoms with Crippen molar-refractivity contribution in [3.63, 3.8) is 0 Å². The van der Waals surface area contributed by atoms with E-state index in [1.807, 2.05) is 0 Å². The van der Waals surface area contributed by atoms with Crippen LogP contribution in [0.1, 0.15) is 93.2 Å². The summed E-state index contributed by atoms with van der Waals surface area (Å²) in [5.41, 5.74) is 22.1. The van der Waals surface area contributed by atoms with Crippen molar-refractivity contribution in [3.05, 3.63) is 155 Å². The standard InChI is InChI=1S/C52H50BN3/c1-33-29-34(2)46-43(30-33)55(51(5)27-15-14-26-50(46,51)4)37-31-44-47-45(32-37)56-48-39(49(3)28-25-35-17-10-11-20-38(35)52(49,56)6)21-16-23-41(48)53(47)40-22-12-13-24-42(40)54(44)36-18-8-7-9-19-36/h7-13,16-24,29-32H,14-15,25-28H2,1-6H3. The van der Waals surface area contributed by atoms with Gasteiger partial charge in [0.2, 0.25) is 0 Å². The average Bonchev–Trinajstić information content (AvgIpc) is 3.55. The molecule has 0 spiro atoms. The molecule has 3 nitrogen and oxygen atoms in total. The molecule has 6 aliphatic rings. The molecule has 276 valence electrons. The monoisotopic (exact) mass is 727 g/mol. The van der Waals surface area contributed by atoms with E-state index in [2.05, 4.69) is 178 Å². The first-order chi connectivity index (χ1) is 27.1. The van der Waals surface area contributed by atoms with Gasteiger partial charge in [0, 0.05) is 50.6 Å². The number of aryl methyl sites for hydroxylation is 3. The second kappa shape index (κ2) is 10.8. The topological polar surface area (TPSA) is 9.72 Å². The van der Waals surface area contributed by atoms with Crippen molar-refractivity contribution in [3.8, 4) is 0 Å². The Morgan fingerprint density at radius 2 is 1.27 bits per heavy atom. The lowest BCUT2D eigenvalue weighted by Gasteiger charge is -2.54. The van der Waals surface area contributed by atoms with Gasteiger partial charge < -0.3 is 14.7 Å². The van der Waals surface area contributed by atoms with Crippen LogP contribution in [0.3, 0.4) is 0 Å². The fourth-order valence-electron chi connectivity index (χ4n) is 13.6. The minimum absolute atomic E-state index is 0.0556. The molecule has 0 bridgehead atoms. The van der Waals surface area contributed by atoms with Crippen LogP contribution in [0, 0.1) is 13.8 Å². The number of nitrogens with zero attached hydrogens (tertiary/aromatic N) is 3. The Labute approximate surface area is 333 Å². The van der Waals surface area contributed by atoms with Crippen LogP contribution in [0.4, 0.5) is 39.8 Å². The van der Waals surface area contributed by atoms with E-state index < -0.39 is 0 Å². The first kappa shape index (κ1) is 33.0. The maximum absolute atomic E-state index is 2.87. The van der Waals surface area contributed by atoms with Gasteiger partial charge in [-0.25, -0.2) is 0 Å². The van der Waals surface area contributed by atoms with E-state index in [4.69, 9.17) is 0 Å². The zero-order valence-corrected chi connectivity index (χ0v) is 33.7. The molecule has 6 aromatic carbocycles. The first-order valence-corrected chi connectivity index (χ1v) is 21.2. The molecule has 56 heavy (non-hydrogen) atoms.